The number of sulfonamides is 1. The van der Waals surface area contributed by atoms with Crippen LogP contribution in [0, 0.1) is 6.92 Å². The largest absolute Gasteiger partial charge is 0.497 e. The van der Waals surface area contributed by atoms with Crippen LogP contribution in [-0.4, -0.2) is 58.0 Å². The molecule has 2 amide bonds. The standard InChI is InChI=1S/C36H40ClN3O6S/c1-25(2)38-36(42)33(21-27-11-7-6-8-12-27)39(23-28-13-9-10-14-31(28)37)35(41)24-40(32-22-29(45-4)17-20-34(32)46-5)47(43,44)30-18-15-26(3)16-19-30/h6-20,22,25,33H,21,23-24H2,1-5H3,(H,38,42)/t33-/m0/s1. The average Bonchev–Trinajstić information content (AvgIpc) is 3.05. The molecule has 0 aromatic heterocycles. The van der Waals surface area contributed by atoms with E-state index in [1.165, 1.54) is 37.3 Å². The molecule has 0 aliphatic heterocycles. The number of halogens is 1. The summed E-state index contributed by atoms with van der Waals surface area (Å²) in [5.74, 6) is -0.421. The van der Waals surface area contributed by atoms with Gasteiger partial charge in [0.2, 0.25) is 11.8 Å². The number of rotatable bonds is 14. The molecule has 1 atom stereocenters. The summed E-state index contributed by atoms with van der Waals surface area (Å²) in [4.78, 5) is 29.9. The first-order valence-corrected chi connectivity index (χ1v) is 16.9. The molecule has 11 heteroatoms. The molecule has 0 fully saturated rings. The molecular formula is C36H40ClN3O6S. The number of hydrogen-bond donors (Lipinski definition) is 1. The first-order chi connectivity index (χ1) is 22.4. The lowest BCUT2D eigenvalue weighted by atomic mass is 10.0. The molecule has 0 saturated heterocycles. The lowest BCUT2D eigenvalue weighted by molar-refractivity contribution is -0.140. The van der Waals surface area contributed by atoms with Gasteiger partial charge in [0.15, 0.2) is 0 Å². The number of carbonyl (C=O) groups is 2. The molecule has 4 aromatic rings. The topological polar surface area (TPSA) is 105 Å². The van der Waals surface area contributed by atoms with Crippen molar-refractivity contribution in [3.05, 3.63) is 119 Å². The Morgan fingerprint density at radius 3 is 2.15 bits per heavy atom. The molecule has 4 aromatic carbocycles. The van der Waals surface area contributed by atoms with Crippen LogP contribution in [0.15, 0.2) is 102 Å². The summed E-state index contributed by atoms with van der Waals surface area (Å²) in [5, 5.41) is 3.35. The molecule has 0 aliphatic carbocycles. The Morgan fingerprint density at radius 1 is 0.872 bits per heavy atom. The van der Waals surface area contributed by atoms with E-state index < -0.39 is 28.5 Å². The quantitative estimate of drug-likeness (QED) is 0.175. The van der Waals surface area contributed by atoms with E-state index >= 15 is 0 Å². The molecule has 0 radical (unpaired) electrons. The Hall–Kier alpha value is -4.54. The summed E-state index contributed by atoms with van der Waals surface area (Å²) >= 11 is 6.57. The maximum Gasteiger partial charge on any atom is 0.264 e. The van der Waals surface area contributed by atoms with Crippen molar-refractivity contribution < 1.29 is 27.5 Å². The summed E-state index contributed by atoms with van der Waals surface area (Å²) in [6.07, 6.45) is 0.183. The first-order valence-electron chi connectivity index (χ1n) is 15.1. The lowest BCUT2D eigenvalue weighted by Gasteiger charge is -2.34. The van der Waals surface area contributed by atoms with E-state index in [0.29, 0.717) is 16.3 Å². The number of anilines is 1. The fraction of sp³-hybridized carbons (Fsp3) is 0.278. The predicted molar refractivity (Wildman–Crippen MR) is 184 cm³/mol. The van der Waals surface area contributed by atoms with Gasteiger partial charge in [-0.25, -0.2) is 8.42 Å². The summed E-state index contributed by atoms with van der Waals surface area (Å²) < 4.78 is 40.7. The highest BCUT2D eigenvalue weighted by molar-refractivity contribution is 7.92. The van der Waals surface area contributed by atoms with Gasteiger partial charge in [-0.2, -0.15) is 0 Å². The van der Waals surface area contributed by atoms with Crippen molar-refractivity contribution in [3.8, 4) is 11.5 Å². The van der Waals surface area contributed by atoms with Gasteiger partial charge in [0.25, 0.3) is 10.0 Å². The molecule has 0 unspecified atom stereocenters. The zero-order chi connectivity index (χ0) is 34.1. The maximum atomic E-state index is 14.7. The van der Waals surface area contributed by atoms with Crippen LogP contribution < -0.4 is 19.1 Å². The molecule has 47 heavy (non-hydrogen) atoms. The van der Waals surface area contributed by atoms with Gasteiger partial charge in [-0.1, -0.05) is 77.8 Å². The van der Waals surface area contributed by atoms with E-state index in [2.05, 4.69) is 5.32 Å². The van der Waals surface area contributed by atoms with Crippen molar-refractivity contribution in [2.45, 2.75) is 50.7 Å². The van der Waals surface area contributed by atoms with Crippen molar-refractivity contribution in [2.24, 2.45) is 0 Å². The highest BCUT2D eigenvalue weighted by atomic mass is 35.5. The Labute approximate surface area is 282 Å². The Morgan fingerprint density at radius 2 is 1.53 bits per heavy atom. The molecule has 0 bridgehead atoms. The number of aryl methyl sites for hydroxylation is 1. The summed E-state index contributed by atoms with van der Waals surface area (Å²) in [6, 6.07) is 26.2. The minimum atomic E-state index is -4.34. The number of amides is 2. The van der Waals surface area contributed by atoms with Gasteiger partial charge >= 0.3 is 0 Å². The van der Waals surface area contributed by atoms with Crippen molar-refractivity contribution >= 4 is 39.1 Å². The van der Waals surface area contributed by atoms with Crippen LogP contribution in [-0.2, 0) is 32.6 Å². The normalized spacial score (nSPS) is 11.9. The van der Waals surface area contributed by atoms with Gasteiger partial charge in [-0.3, -0.25) is 13.9 Å². The summed E-state index contributed by atoms with van der Waals surface area (Å²) in [7, 11) is -1.46. The van der Waals surface area contributed by atoms with Crippen LogP contribution in [0.1, 0.15) is 30.5 Å². The number of carbonyl (C=O) groups excluding carboxylic acids is 2. The van der Waals surface area contributed by atoms with Crippen LogP contribution in [0.5, 0.6) is 11.5 Å². The van der Waals surface area contributed by atoms with Gasteiger partial charge in [-0.15, -0.1) is 0 Å². The second-order valence-corrected chi connectivity index (χ2v) is 13.6. The van der Waals surface area contributed by atoms with Crippen LogP contribution in [0.2, 0.25) is 5.02 Å². The number of hydrogen-bond acceptors (Lipinski definition) is 6. The van der Waals surface area contributed by atoms with Crippen molar-refractivity contribution in [2.75, 3.05) is 25.1 Å². The average molecular weight is 678 g/mol. The molecule has 0 heterocycles. The van der Waals surface area contributed by atoms with E-state index in [9.17, 15) is 18.0 Å². The fourth-order valence-corrected chi connectivity index (χ4v) is 6.70. The van der Waals surface area contributed by atoms with Crippen molar-refractivity contribution in [3.63, 3.8) is 0 Å². The minimum Gasteiger partial charge on any atom is -0.497 e. The van der Waals surface area contributed by atoms with E-state index in [1.54, 1.807) is 48.5 Å². The third-order valence-electron chi connectivity index (χ3n) is 7.54. The lowest BCUT2D eigenvalue weighted by Crippen LogP contribution is -2.54. The molecule has 248 valence electrons. The Bertz CT molecular complexity index is 1780. The van der Waals surface area contributed by atoms with Crippen LogP contribution in [0.25, 0.3) is 0 Å². The molecule has 0 spiro atoms. The number of ether oxygens (including phenoxy) is 2. The molecular weight excluding hydrogens is 638 g/mol. The molecule has 1 N–H and O–H groups in total. The number of benzene rings is 4. The molecule has 0 saturated carbocycles. The number of nitrogens with zero attached hydrogens (tertiary/aromatic N) is 2. The highest BCUT2D eigenvalue weighted by Gasteiger charge is 2.36. The second-order valence-electron chi connectivity index (χ2n) is 11.3. The smallest absolute Gasteiger partial charge is 0.264 e. The summed E-state index contributed by atoms with van der Waals surface area (Å²) in [6.45, 7) is 4.83. The first kappa shape index (κ1) is 35.3. The Balaban J connectivity index is 1.88. The van der Waals surface area contributed by atoms with Crippen molar-refractivity contribution in [1.82, 2.24) is 10.2 Å². The molecule has 4 rings (SSSR count). The van der Waals surface area contributed by atoms with Gasteiger partial charge in [0.1, 0.15) is 24.1 Å². The Kier molecular flexibility index (Phi) is 11.9. The third kappa shape index (κ3) is 8.84. The van der Waals surface area contributed by atoms with Gasteiger partial charge < -0.3 is 19.7 Å². The van der Waals surface area contributed by atoms with Crippen molar-refractivity contribution in [1.29, 1.82) is 0 Å². The summed E-state index contributed by atoms with van der Waals surface area (Å²) in [5.41, 5.74) is 2.40. The van der Waals surface area contributed by atoms with E-state index in [-0.39, 0.29) is 41.2 Å². The van der Waals surface area contributed by atoms with E-state index in [0.717, 1.165) is 15.4 Å². The van der Waals surface area contributed by atoms with E-state index in [1.807, 2.05) is 51.1 Å². The van der Waals surface area contributed by atoms with Gasteiger partial charge in [0.05, 0.1) is 24.8 Å². The third-order valence-corrected chi connectivity index (χ3v) is 9.69. The van der Waals surface area contributed by atoms with Gasteiger partial charge in [-0.05, 0) is 62.2 Å². The number of methoxy groups -OCH3 is 2. The minimum absolute atomic E-state index is 0.0168. The molecule has 9 nitrogen and oxygen atoms in total. The zero-order valence-corrected chi connectivity index (χ0v) is 28.7. The number of nitrogens with one attached hydrogen (secondary N) is 1. The SMILES string of the molecule is COc1ccc(OC)c(N(CC(=O)N(Cc2ccccc2Cl)[C@@H](Cc2ccccc2)C(=O)NC(C)C)S(=O)(=O)c2ccc(C)cc2)c1. The zero-order valence-electron chi connectivity index (χ0n) is 27.1. The van der Waals surface area contributed by atoms with Crippen LogP contribution >= 0.6 is 11.6 Å². The fourth-order valence-electron chi connectivity index (χ4n) is 5.09. The van der Waals surface area contributed by atoms with E-state index in [4.69, 9.17) is 21.1 Å². The van der Waals surface area contributed by atoms with Crippen LogP contribution in [0.4, 0.5) is 5.69 Å². The second kappa shape index (κ2) is 15.8. The highest BCUT2D eigenvalue weighted by Crippen LogP contribution is 2.36. The predicted octanol–water partition coefficient (Wildman–Crippen LogP) is 6.03. The monoisotopic (exact) mass is 677 g/mol. The van der Waals surface area contributed by atoms with Gasteiger partial charge in [0, 0.05) is 30.1 Å². The van der Waals surface area contributed by atoms with Crippen LogP contribution in [0.3, 0.4) is 0 Å². The maximum absolute atomic E-state index is 14.7. The molecule has 0 aliphatic rings.